The van der Waals surface area contributed by atoms with Gasteiger partial charge in [-0.2, -0.15) is 0 Å². The summed E-state index contributed by atoms with van der Waals surface area (Å²) in [6, 6.07) is 5.56. The molecular weight excluding hydrogens is 270 g/mol. The lowest BCUT2D eigenvalue weighted by Gasteiger charge is -2.19. The molecule has 0 saturated carbocycles. The lowest BCUT2D eigenvalue weighted by molar-refractivity contribution is -0.145. The molecule has 0 aliphatic heterocycles. The Bertz CT molecular complexity index is 460. The average Bonchev–Trinajstić information content (AvgIpc) is 2.44. The zero-order chi connectivity index (χ0) is 15.8. The summed E-state index contributed by atoms with van der Waals surface area (Å²) in [7, 11) is 1.55. The average molecular weight is 295 g/mol. The van der Waals surface area contributed by atoms with Gasteiger partial charge in [-0.05, 0) is 24.9 Å². The van der Waals surface area contributed by atoms with Crippen LogP contribution in [0.5, 0.6) is 11.5 Å². The number of nitrogens with one attached hydrogen (secondary N) is 1. The Balaban J connectivity index is 2.94. The smallest absolute Gasteiger partial charge is 0.344 e. The van der Waals surface area contributed by atoms with Crippen LogP contribution in [0.1, 0.15) is 32.8 Å². The minimum absolute atomic E-state index is 0.395. The van der Waals surface area contributed by atoms with Crippen LogP contribution in [-0.2, 0) is 11.3 Å². The van der Waals surface area contributed by atoms with Gasteiger partial charge in [-0.15, -0.1) is 0 Å². The minimum Gasteiger partial charge on any atom is -0.493 e. The van der Waals surface area contributed by atoms with Crippen LogP contribution in [0.3, 0.4) is 0 Å². The van der Waals surface area contributed by atoms with Crippen LogP contribution in [0.4, 0.5) is 0 Å². The number of aliphatic carboxylic acids is 1. The second-order valence-corrected chi connectivity index (χ2v) is 5.33. The second-order valence-electron chi connectivity index (χ2n) is 5.33. The van der Waals surface area contributed by atoms with Crippen LogP contribution in [-0.4, -0.2) is 30.8 Å². The Morgan fingerprint density at radius 1 is 1.38 bits per heavy atom. The first-order valence-electron chi connectivity index (χ1n) is 7.25. The molecule has 0 spiro atoms. The number of ether oxygens (including phenoxy) is 2. The zero-order valence-electron chi connectivity index (χ0n) is 13.2. The zero-order valence-corrected chi connectivity index (χ0v) is 13.2. The van der Waals surface area contributed by atoms with Crippen molar-refractivity contribution in [3.63, 3.8) is 0 Å². The van der Waals surface area contributed by atoms with Crippen molar-refractivity contribution in [1.82, 2.24) is 5.32 Å². The van der Waals surface area contributed by atoms with E-state index in [1.54, 1.807) is 20.1 Å². The summed E-state index contributed by atoms with van der Waals surface area (Å²) in [6.07, 6.45) is -0.475. The number of rotatable bonds is 9. The predicted octanol–water partition coefficient (Wildman–Crippen LogP) is 2.68. The maximum absolute atomic E-state index is 11.2. The van der Waals surface area contributed by atoms with Crippen molar-refractivity contribution in [3.05, 3.63) is 23.8 Å². The van der Waals surface area contributed by atoms with Crippen LogP contribution in [0.25, 0.3) is 0 Å². The van der Waals surface area contributed by atoms with Gasteiger partial charge in [0.2, 0.25) is 0 Å². The largest absolute Gasteiger partial charge is 0.493 e. The Morgan fingerprint density at radius 2 is 2.10 bits per heavy atom. The maximum Gasteiger partial charge on any atom is 0.344 e. The van der Waals surface area contributed by atoms with E-state index >= 15 is 0 Å². The van der Waals surface area contributed by atoms with Crippen molar-refractivity contribution in [3.8, 4) is 11.5 Å². The van der Waals surface area contributed by atoms with Crippen molar-refractivity contribution in [2.75, 3.05) is 13.7 Å². The molecule has 2 N–H and O–H groups in total. The SMILES string of the molecule is CCC(Oc1c(CNCC(C)C)cccc1OC)C(=O)O. The van der Waals surface area contributed by atoms with Crippen LogP contribution in [0.2, 0.25) is 0 Å². The summed E-state index contributed by atoms with van der Waals surface area (Å²) >= 11 is 0. The maximum atomic E-state index is 11.2. The molecule has 0 amide bonds. The number of methoxy groups -OCH3 is 1. The fraction of sp³-hybridized carbons (Fsp3) is 0.562. The van der Waals surface area contributed by atoms with Gasteiger partial charge in [0.15, 0.2) is 17.6 Å². The van der Waals surface area contributed by atoms with E-state index in [-0.39, 0.29) is 0 Å². The third-order valence-corrected chi connectivity index (χ3v) is 3.05. The Hall–Kier alpha value is -1.75. The van der Waals surface area contributed by atoms with Gasteiger partial charge in [0, 0.05) is 12.1 Å². The van der Waals surface area contributed by atoms with E-state index < -0.39 is 12.1 Å². The number of carboxylic acids is 1. The molecule has 0 aliphatic carbocycles. The van der Waals surface area contributed by atoms with Gasteiger partial charge in [-0.25, -0.2) is 4.79 Å². The molecule has 1 aromatic rings. The van der Waals surface area contributed by atoms with Crippen LogP contribution >= 0.6 is 0 Å². The third kappa shape index (κ3) is 5.27. The number of benzene rings is 1. The summed E-state index contributed by atoms with van der Waals surface area (Å²) < 4.78 is 11.0. The molecule has 21 heavy (non-hydrogen) atoms. The van der Waals surface area contributed by atoms with Gasteiger partial charge in [0.25, 0.3) is 0 Å². The van der Waals surface area contributed by atoms with Crippen molar-refractivity contribution >= 4 is 5.97 Å². The van der Waals surface area contributed by atoms with E-state index in [0.29, 0.717) is 30.4 Å². The van der Waals surface area contributed by atoms with Gasteiger partial charge in [-0.1, -0.05) is 32.9 Å². The highest BCUT2D eigenvalue weighted by Gasteiger charge is 2.21. The van der Waals surface area contributed by atoms with E-state index in [1.807, 2.05) is 12.1 Å². The molecule has 0 aromatic heterocycles. The molecule has 0 heterocycles. The topological polar surface area (TPSA) is 67.8 Å². The van der Waals surface area contributed by atoms with E-state index in [4.69, 9.17) is 14.6 Å². The Kier molecular flexibility index (Phi) is 7.02. The van der Waals surface area contributed by atoms with Crippen molar-refractivity contribution < 1.29 is 19.4 Å². The number of carbonyl (C=O) groups is 1. The summed E-state index contributed by atoms with van der Waals surface area (Å²) in [4.78, 5) is 11.2. The monoisotopic (exact) mass is 295 g/mol. The molecule has 1 rings (SSSR count). The molecule has 0 radical (unpaired) electrons. The van der Waals surface area contributed by atoms with E-state index in [2.05, 4.69) is 19.2 Å². The molecule has 0 fully saturated rings. The van der Waals surface area contributed by atoms with Gasteiger partial charge in [-0.3, -0.25) is 0 Å². The predicted molar refractivity (Wildman–Crippen MR) is 81.9 cm³/mol. The van der Waals surface area contributed by atoms with Gasteiger partial charge in [0.05, 0.1) is 7.11 Å². The van der Waals surface area contributed by atoms with E-state index in [1.165, 1.54) is 0 Å². The summed E-state index contributed by atoms with van der Waals surface area (Å²) in [5.41, 5.74) is 0.898. The highest BCUT2D eigenvalue weighted by Crippen LogP contribution is 2.32. The van der Waals surface area contributed by atoms with Gasteiger partial charge < -0.3 is 19.9 Å². The van der Waals surface area contributed by atoms with Crippen LogP contribution in [0.15, 0.2) is 18.2 Å². The normalized spacial score (nSPS) is 12.2. The highest BCUT2D eigenvalue weighted by molar-refractivity contribution is 5.73. The summed E-state index contributed by atoms with van der Waals surface area (Å²) in [6.45, 7) is 7.54. The first-order chi connectivity index (χ1) is 9.99. The van der Waals surface area contributed by atoms with E-state index in [9.17, 15) is 4.79 Å². The van der Waals surface area contributed by atoms with E-state index in [0.717, 1.165) is 12.1 Å². The molecule has 118 valence electrons. The molecule has 0 aliphatic rings. The molecule has 5 heteroatoms. The third-order valence-electron chi connectivity index (χ3n) is 3.05. The summed E-state index contributed by atoms with van der Waals surface area (Å²) in [5.74, 6) is 0.635. The molecule has 0 bridgehead atoms. The molecule has 1 unspecified atom stereocenters. The van der Waals surface area contributed by atoms with Crippen LogP contribution < -0.4 is 14.8 Å². The quantitative estimate of drug-likeness (QED) is 0.733. The van der Waals surface area contributed by atoms with Gasteiger partial charge >= 0.3 is 5.97 Å². The molecule has 0 saturated heterocycles. The van der Waals surface area contributed by atoms with Crippen molar-refractivity contribution in [2.24, 2.45) is 5.92 Å². The molecular formula is C16H25NO4. The summed E-state index contributed by atoms with van der Waals surface area (Å²) in [5, 5.41) is 12.5. The second kappa shape index (κ2) is 8.52. The van der Waals surface area contributed by atoms with Crippen molar-refractivity contribution in [1.29, 1.82) is 0 Å². The molecule has 1 atom stereocenters. The number of para-hydroxylation sites is 1. The molecule has 5 nitrogen and oxygen atoms in total. The van der Waals surface area contributed by atoms with Crippen molar-refractivity contribution in [2.45, 2.75) is 39.8 Å². The fourth-order valence-corrected chi connectivity index (χ4v) is 1.94. The minimum atomic E-state index is -0.968. The first kappa shape index (κ1) is 17.3. The lowest BCUT2D eigenvalue weighted by atomic mass is 10.1. The Labute approximate surface area is 126 Å². The number of carboxylic acid groups (broad SMARTS) is 1. The number of hydrogen-bond donors (Lipinski definition) is 2. The highest BCUT2D eigenvalue weighted by atomic mass is 16.5. The molecule has 1 aromatic carbocycles. The van der Waals surface area contributed by atoms with Gasteiger partial charge in [0.1, 0.15) is 0 Å². The first-order valence-corrected chi connectivity index (χ1v) is 7.25. The van der Waals surface area contributed by atoms with Crippen LogP contribution in [0, 0.1) is 5.92 Å². The number of hydrogen-bond acceptors (Lipinski definition) is 4. The standard InChI is InChI=1S/C16H25NO4/c1-5-13(16(18)19)21-15-12(10-17-9-11(2)3)7-6-8-14(15)20-4/h6-8,11,13,17H,5,9-10H2,1-4H3,(H,18,19). The fourth-order valence-electron chi connectivity index (χ4n) is 1.94. The lowest BCUT2D eigenvalue weighted by Crippen LogP contribution is -2.27. The Morgan fingerprint density at radius 3 is 2.62 bits per heavy atom.